The summed E-state index contributed by atoms with van der Waals surface area (Å²) in [6.45, 7) is 7.63. The minimum atomic E-state index is 0.807. The van der Waals surface area contributed by atoms with Gasteiger partial charge >= 0.3 is 0 Å². The Bertz CT molecular complexity index is 358. The van der Waals surface area contributed by atoms with E-state index >= 15 is 0 Å². The molecule has 0 amide bonds. The molecule has 1 aromatic rings. The van der Waals surface area contributed by atoms with E-state index < -0.39 is 0 Å². The van der Waals surface area contributed by atoms with Gasteiger partial charge in [-0.1, -0.05) is 18.2 Å². The molecule has 0 fully saturated rings. The zero-order chi connectivity index (χ0) is 14.6. The first-order chi connectivity index (χ1) is 9.77. The lowest BCUT2D eigenvalue weighted by Gasteiger charge is -2.18. The van der Waals surface area contributed by atoms with Gasteiger partial charge in [0.15, 0.2) is 0 Å². The molecule has 0 aliphatic carbocycles. The van der Waals surface area contributed by atoms with E-state index in [0.717, 1.165) is 51.6 Å². The van der Waals surface area contributed by atoms with Gasteiger partial charge < -0.3 is 19.7 Å². The molecule has 0 heterocycles. The van der Waals surface area contributed by atoms with Crippen molar-refractivity contribution in [2.45, 2.75) is 19.9 Å². The summed E-state index contributed by atoms with van der Waals surface area (Å²) in [6, 6.07) is 8.18. The predicted octanol–water partition coefficient (Wildman–Crippen LogP) is 2.14. The number of para-hydroxylation sites is 1. The average Bonchev–Trinajstić information content (AvgIpc) is 2.47. The second-order valence-electron chi connectivity index (χ2n) is 4.85. The fourth-order valence-corrected chi connectivity index (χ4v) is 2.04. The first kappa shape index (κ1) is 17.0. The third kappa shape index (κ3) is 6.89. The molecule has 20 heavy (non-hydrogen) atoms. The summed E-state index contributed by atoms with van der Waals surface area (Å²) in [7, 11) is 3.85. The van der Waals surface area contributed by atoms with Crippen LogP contribution in [0, 0.1) is 0 Å². The van der Waals surface area contributed by atoms with Crippen LogP contribution in [0.5, 0.6) is 5.75 Å². The SMILES string of the molecule is CCOCCCNCCN(C)Cc1ccccc1OC. The van der Waals surface area contributed by atoms with E-state index in [0.29, 0.717) is 0 Å². The van der Waals surface area contributed by atoms with E-state index in [2.05, 4.69) is 29.4 Å². The molecule has 0 unspecified atom stereocenters. The molecule has 0 bridgehead atoms. The number of methoxy groups -OCH3 is 1. The van der Waals surface area contributed by atoms with Crippen molar-refractivity contribution in [3.8, 4) is 5.75 Å². The molecule has 1 aromatic carbocycles. The van der Waals surface area contributed by atoms with Crippen molar-refractivity contribution >= 4 is 0 Å². The molecule has 0 spiro atoms. The standard InChI is InChI=1S/C16H28N2O2/c1-4-20-13-7-10-17-11-12-18(2)14-15-8-5-6-9-16(15)19-3/h5-6,8-9,17H,4,7,10-14H2,1-3H3. The zero-order valence-electron chi connectivity index (χ0n) is 13.0. The Morgan fingerprint density at radius 3 is 2.75 bits per heavy atom. The van der Waals surface area contributed by atoms with Crippen LogP contribution >= 0.6 is 0 Å². The Labute approximate surface area is 123 Å². The highest BCUT2D eigenvalue weighted by atomic mass is 16.5. The quantitative estimate of drug-likeness (QED) is 0.630. The fourth-order valence-electron chi connectivity index (χ4n) is 2.04. The summed E-state index contributed by atoms with van der Waals surface area (Å²) in [4.78, 5) is 2.30. The van der Waals surface area contributed by atoms with E-state index in [1.807, 2.05) is 19.1 Å². The van der Waals surface area contributed by atoms with Gasteiger partial charge in [0.05, 0.1) is 7.11 Å². The molecule has 1 N–H and O–H groups in total. The topological polar surface area (TPSA) is 33.7 Å². The maximum atomic E-state index is 5.37. The zero-order valence-corrected chi connectivity index (χ0v) is 13.0. The second kappa shape index (κ2) is 10.7. The maximum Gasteiger partial charge on any atom is 0.123 e. The number of nitrogens with zero attached hydrogens (tertiary/aromatic N) is 1. The van der Waals surface area contributed by atoms with Gasteiger partial charge in [0.1, 0.15) is 5.75 Å². The average molecular weight is 280 g/mol. The van der Waals surface area contributed by atoms with Gasteiger partial charge in [0.2, 0.25) is 0 Å². The third-order valence-electron chi connectivity index (χ3n) is 3.15. The number of hydrogen-bond acceptors (Lipinski definition) is 4. The van der Waals surface area contributed by atoms with Crippen LogP contribution in [-0.2, 0) is 11.3 Å². The van der Waals surface area contributed by atoms with Crippen molar-refractivity contribution in [3.63, 3.8) is 0 Å². The van der Waals surface area contributed by atoms with Gasteiger partial charge in [0.25, 0.3) is 0 Å². The van der Waals surface area contributed by atoms with E-state index in [4.69, 9.17) is 9.47 Å². The summed E-state index contributed by atoms with van der Waals surface area (Å²) in [5.41, 5.74) is 1.23. The van der Waals surface area contributed by atoms with E-state index in [1.165, 1.54) is 5.56 Å². The van der Waals surface area contributed by atoms with Crippen LogP contribution in [0.25, 0.3) is 0 Å². The van der Waals surface area contributed by atoms with Crippen molar-refractivity contribution in [1.29, 1.82) is 0 Å². The normalized spacial score (nSPS) is 11.0. The molecule has 4 nitrogen and oxygen atoms in total. The van der Waals surface area contributed by atoms with E-state index in [1.54, 1.807) is 7.11 Å². The Balaban J connectivity index is 2.15. The summed E-state index contributed by atoms with van der Waals surface area (Å²) in [5.74, 6) is 0.962. The largest absolute Gasteiger partial charge is 0.496 e. The molecule has 1 rings (SSSR count). The first-order valence-electron chi connectivity index (χ1n) is 7.36. The summed E-state index contributed by atoms with van der Waals surface area (Å²) in [6.07, 6.45) is 1.07. The van der Waals surface area contributed by atoms with Gasteiger partial charge in [-0.25, -0.2) is 0 Å². The molecule has 4 heteroatoms. The van der Waals surface area contributed by atoms with Gasteiger partial charge in [0, 0.05) is 38.4 Å². The van der Waals surface area contributed by atoms with E-state index in [-0.39, 0.29) is 0 Å². The van der Waals surface area contributed by atoms with Crippen molar-refractivity contribution in [2.75, 3.05) is 47.0 Å². The van der Waals surface area contributed by atoms with Crippen molar-refractivity contribution in [3.05, 3.63) is 29.8 Å². The molecule has 0 atom stereocenters. The number of hydrogen-bond donors (Lipinski definition) is 1. The molecule has 0 aromatic heterocycles. The highest BCUT2D eigenvalue weighted by Gasteiger charge is 2.05. The molecule has 0 aliphatic rings. The van der Waals surface area contributed by atoms with E-state index in [9.17, 15) is 0 Å². The van der Waals surface area contributed by atoms with Gasteiger partial charge in [-0.05, 0) is 33.0 Å². The Hall–Kier alpha value is -1.10. The summed E-state index contributed by atoms with van der Waals surface area (Å²) < 4.78 is 10.7. The highest BCUT2D eigenvalue weighted by Crippen LogP contribution is 2.18. The van der Waals surface area contributed by atoms with Crippen LogP contribution in [0.2, 0.25) is 0 Å². The third-order valence-corrected chi connectivity index (χ3v) is 3.15. The molecular weight excluding hydrogens is 252 g/mol. The van der Waals surface area contributed by atoms with Crippen LogP contribution in [0.1, 0.15) is 18.9 Å². The summed E-state index contributed by atoms with van der Waals surface area (Å²) >= 11 is 0. The molecule has 114 valence electrons. The molecule has 0 saturated carbocycles. The second-order valence-corrected chi connectivity index (χ2v) is 4.85. The number of nitrogens with one attached hydrogen (secondary N) is 1. The first-order valence-corrected chi connectivity index (χ1v) is 7.36. The fraction of sp³-hybridized carbons (Fsp3) is 0.625. The van der Waals surface area contributed by atoms with Gasteiger partial charge in [-0.3, -0.25) is 0 Å². The molecule has 0 aliphatic heterocycles. The number of likely N-dealkylation sites (N-methyl/N-ethyl adjacent to an activating group) is 1. The monoisotopic (exact) mass is 280 g/mol. The highest BCUT2D eigenvalue weighted by molar-refractivity contribution is 5.32. The number of ether oxygens (including phenoxy) is 2. The lowest BCUT2D eigenvalue weighted by Crippen LogP contribution is -2.29. The van der Waals surface area contributed by atoms with Crippen LogP contribution in [0.15, 0.2) is 24.3 Å². The Kier molecular flexibility index (Phi) is 9.04. The molecule has 0 radical (unpaired) electrons. The smallest absolute Gasteiger partial charge is 0.123 e. The maximum absolute atomic E-state index is 5.37. The lowest BCUT2D eigenvalue weighted by atomic mass is 10.2. The van der Waals surface area contributed by atoms with Gasteiger partial charge in [-0.15, -0.1) is 0 Å². The molecular formula is C16H28N2O2. The van der Waals surface area contributed by atoms with Crippen LogP contribution in [0.3, 0.4) is 0 Å². The van der Waals surface area contributed by atoms with Crippen LogP contribution in [0.4, 0.5) is 0 Å². The summed E-state index contributed by atoms with van der Waals surface area (Å²) in [5, 5.41) is 3.44. The van der Waals surface area contributed by atoms with Crippen molar-refractivity contribution in [2.24, 2.45) is 0 Å². The Morgan fingerprint density at radius 2 is 2.00 bits per heavy atom. The van der Waals surface area contributed by atoms with Crippen LogP contribution < -0.4 is 10.1 Å². The van der Waals surface area contributed by atoms with Gasteiger partial charge in [-0.2, -0.15) is 0 Å². The number of benzene rings is 1. The Morgan fingerprint density at radius 1 is 1.20 bits per heavy atom. The minimum absolute atomic E-state index is 0.807. The predicted molar refractivity (Wildman–Crippen MR) is 83.3 cm³/mol. The number of rotatable bonds is 11. The minimum Gasteiger partial charge on any atom is -0.496 e. The lowest BCUT2D eigenvalue weighted by molar-refractivity contribution is 0.144. The van der Waals surface area contributed by atoms with Crippen molar-refractivity contribution < 1.29 is 9.47 Å². The molecule has 0 saturated heterocycles. The van der Waals surface area contributed by atoms with Crippen molar-refractivity contribution in [1.82, 2.24) is 10.2 Å². The van der Waals surface area contributed by atoms with Crippen LogP contribution in [-0.4, -0.2) is 51.9 Å².